The van der Waals surface area contributed by atoms with Crippen LogP contribution in [-0.4, -0.2) is 23.9 Å². The summed E-state index contributed by atoms with van der Waals surface area (Å²) in [6, 6.07) is 18.0. The van der Waals surface area contributed by atoms with Gasteiger partial charge in [0.25, 0.3) is 0 Å². The van der Waals surface area contributed by atoms with Crippen LogP contribution in [0.5, 0.6) is 0 Å². The van der Waals surface area contributed by atoms with E-state index in [0.29, 0.717) is 6.04 Å². The smallest absolute Gasteiger partial charge is 0.208 e. The predicted molar refractivity (Wildman–Crippen MR) is 102 cm³/mol. The maximum atomic E-state index is 2.41. The van der Waals surface area contributed by atoms with Crippen molar-refractivity contribution in [3.8, 4) is 0 Å². The molecule has 0 fully saturated rings. The highest BCUT2D eigenvalue weighted by molar-refractivity contribution is 5.78. The van der Waals surface area contributed by atoms with Crippen LogP contribution < -0.4 is 17.3 Å². The molecule has 2 heterocycles. The first kappa shape index (κ1) is 17.8. The molecule has 2 aromatic carbocycles. The Morgan fingerprint density at radius 2 is 1.76 bits per heavy atom. The minimum Gasteiger partial charge on any atom is -1.00 e. The first-order valence-corrected chi connectivity index (χ1v) is 8.75. The number of halogens is 1. The third kappa shape index (κ3) is 2.69. The van der Waals surface area contributed by atoms with Crippen LogP contribution in [0.1, 0.15) is 31.9 Å². The largest absolute Gasteiger partial charge is 1.00 e. The summed E-state index contributed by atoms with van der Waals surface area (Å²) < 4.78 is 2.41. The van der Waals surface area contributed by atoms with Crippen molar-refractivity contribution in [1.29, 1.82) is 0 Å². The van der Waals surface area contributed by atoms with Crippen LogP contribution in [0.2, 0.25) is 0 Å². The number of rotatable bonds is 1. The van der Waals surface area contributed by atoms with Gasteiger partial charge in [-0.25, -0.2) is 0 Å². The average Bonchev–Trinajstić information content (AvgIpc) is 2.99. The molecule has 1 unspecified atom stereocenters. The number of para-hydroxylation sites is 2. The lowest BCUT2D eigenvalue weighted by Crippen LogP contribution is -3.00. The number of likely N-dealkylation sites (N-methyl/N-ethyl adjacent to an activating group) is 1. The Kier molecular flexibility index (Phi) is 4.51. The summed E-state index contributed by atoms with van der Waals surface area (Å²) in [6.45, 7) is 6.93. The Morgan fingerprint density at radius 1 is 1.08 bits per heavy atom. The SMILES string of the molecule is CC1Cc2ccccc2[N+]1=CC=C1N(C)c2ccccc2C1(C)C.[Cl-]. The first-order chi connectivity index (χ1) is 11.5. The van der Waals surface area contributed by atoms with Gasteiger partial charge in [-0.1, -0.05) is 50.2 Å². The van der Waals surface area contributed by atoms with E-state index in [1.54, 1.807) is 0 Å². The molecule has 3 heteroatoms. The highest BCUT2D eigenvalue weighted by Crippen LogP contribution is 2.46. The quantitative estimate of drug-likeness (QED) is 0.707. The predicted octanol–water partition coefficient (Wildman–Crippen LogP) is 1.66. The van der Waals surface area contributed by atoms with Crippen molar-refractivity contribution in [3.05, 3.63) is 71.4 Å². The molecule has 0 amide bonds. The van der Waals surface area contributed by atoms with Gasteiger partial charge in [-0.2, -0.15) is 4.58 Å². The van der Waals surface area contributed by atoms with Gasteiger partial charge in [-0.3, -0.25) is 0 Å². The van der Waals surface area contributed by atoms with Gasteiger partial charge in [0.1, 0.15) is 0 Å². The molecule has 130 valence electrons. The van der Waals surface area contributed by atoms with Gasteiger partial charge in [0, 0.05) is 48.0 Å². The fourth-order valence-corrected chi connectivity index (χ4v) is 4.27. The molecule has 25 heavy (non-hydrogen) atoms. The lowest BCUT2D eigenvalue weighted by molar-refractivity contribution is -0.463. The van der Waals surface area contributed by atoms with E-state index in [1.807, 2.05) is 0 Å². The minimum atomic E-state index is 0. The van der Waals surface area contributed by atoms with Gasteiger partial charge in [-0.15, -0.1) is 0 Å². The zero-order chi connectivity index (χ0) is 16.9. The van der Waals surface area contributed by atoms with Crippen molar-refractivity contribution in [2.75, 3.05) is 11.9 Å². The summed E-state index contributed by atoms with van der Waals surface area (Å²) in [5, 5.41) is 0. The number of allylic oxidation sites excluding steroid dienone is 2. The summed E-state index contributed by atoms with van der Waals surface area (Å²) in [5.74, 6) is 0. The molecule has 0 radical (unpaired) electrons. The van der Waals surface area contributed by atoms with Gasteiger partial charge in [-0.05, 0) is 18.6 Å². The van der Waals surface area contributed by atoms with Gasteiger partial charge < -0.3 is 17.3 Å². The number of benzene rings is 2. The van der Waals surface area contributed by atoms with Gasteiger partial charge in [0.2, 0.25) is 5.69 Å². The second-order valence-corrected chi connectivity index (χ2v) is 7.49. The lowest BCUT2D eigenvalue weighted by Gasteiger charge is -2.23. The first-order valence-electron chi connectivity index (χ1n) is 8.75. The molecule has 1 atom stereocenters. The van der Waals surface area contributed by atoms with Crippen molar-refractivity contribution in [3.63, 3.8) is 0 Å². The molecule has 2 nitrogen and oxygen atoms in total. The number of hydrogen-bond donors (Lipinski definition) is 0. The number of anilines is 1. The Morgan fingerprint density at radius 3 is 2.52 bits per heavy atom. The third-order valence-electron chi connectivity index (χ3n) is 5.59. The highest BCUT2D eigenvalue weighted by atomic mass is 35.5. The van der Waals surface area contributed by atoms with Crippen molar-refractivity contribution >= 4 is 17.6 Å². The van der Waals surface area contributed by atoms with Gasteiger partial charge in [0.15, 0.2) is 12.3 Å². The molecule has 0 saturated carbocycles. The van der Waals surface area contributed by atoms with Crippen LogP contribution in [0.4, 0.5) is 11.4 Å². The Labute approximate surface area is 156 Å². The molecule has 4 rings (SSSR count). The van der Waals surface area contributed by atoms with E-state index < -0.39 is 0 Å². The van der Waals surface area contributed by atoms with Gasteiger partial charge >= 0.3 is 0 Å². The minimum absolute atomic E-state index is 0. The topological polar surface area (TPSA) is 6.25 Å². The maximum Gasteiger partial charge on any atom is 0.208 e. The lowest BCUT2D eigenvalue weighted by atomic mass is 9.84. The van der Waals surface area contributed by atoms with E-state index in [2.05, 4.69) is 98.1 Å². The van der Waals surface area contributed by atoms with Gasteiger partial charge in [0.05, 0.1) is 0 Å². The Balaban J connectivity index is 0.00000182. The van der Waals surface area contributed by atoms with E-state index in [9.17, 15) is 0 Å². The third-order valence-corrected chi connectivity index (χ3v) is 5.59. The zero-order valence-electron chi connectivity index (χ0n) is 15.3. The molecule has 0 N–H and O–H groups in total. The summed E-state index contributed by atoms with van der Waals surface area (Å²) in [4.78, 5) is 2.33. The van der Waals surface area contributed by atoms with Crippen LogP contribution in [0.3, 0.4) is 0 Å². The standard InChI is InChI=1S/C22H25N2.ClH/c1-16-15-17-9-5-7-11-19(17)24(16)14-13-21-22(2,3)18-10-6-8-12-20(18)23(21)4;/h5-14,16H,15H2,1-4H3;1H/q+1;/p-1. The fourth-order valence-electron chi connectivity index (χ4n) is 4.27. The second-order valence-electron chi connectivity index (χ2n) is 7.49. The number of hydrogen-bond acceptors (Lipinski definition) is 1. The van der Waals surface area contributed by atoms with Crippen LogP contribution in [0.15, 0.2) is 60.3 Å². The average molecular weight is 353 g/mol. The molecule has 0 aromatic heterocycles. The molecule has 0 saturated heterocycles. The van der Waals surface area contributed by atoms with Crippen LogP contribution in [-0.2, 0) is 11.8 Å². The normalized spacial score (nSPS) is 23.5. The van der Waals surface area contributed by atoms with Crippen molar-refractivity contribution in [1.82, 2.24) is 0 Å². The molecule has 0 spiro atoms. The fraction of sp³-hybridized carbons (Fsp3) is 0.318. The Hall–Kier alpha value is -2.06. The van der Waals surface area contributed by atoms with E-state index >= 15 is 0 Å². The maximum absolute atomic E-state index is 2.41. The summed E-state index contributed by atoms with van der Waals surface area (Å²) in [5.41, 5.74) is 6.89. The van der Waals surface area contributed by atoms with E-state index in [0.717, 1.165) is 6.42 Å². The van der Waals surface area contributed by atoms with Crippen LogP contribution >= 0.6 is 0 Å². The molecule has 2 aromatic rings. The molecule has 0 aliphatic carbocycles. The number of nitrogens with zero attached hydrogens (tertiary/aromatic N) is 2. The molecule has 2 aliphatic rings. The molecular weight excluding hydrogens is 328 g/mol. The second kappa shape index (κ2) is 6.34. The summed E-state index contributed by atoms with van der Waals surface area (Å²) in [6.07, 6.45) is 5.70. The van der Waals surface area contributed by atoms with E-state index in [-0.39, 0.29) is 17.8 Å². The van der Waals surface area contributed by atoms with E-state index in [1.165, 1.54) is 28.2 Å². The van der Waals surface area contributed by atoms with Crippen molar-refractivity contribution in [2.24, 2.45) is 0 Å². The van der Waals surface area contributed by atoms with Crippen LogP contribution in [0.25, 0.3) is 0 Å². The monoisotopic (exact) mass is 352 g/mol. The zero-order valence-corrected chi connectivity index (χ0v) is 16.1. The number of fused-ring (bicyclic) bond motifs is 2. The van der Waals surface area contributed by atoms with E-state index in [4.69, 9.17) is 0 Å². The highest BCUT2D eigenvalue weighted by Gasteiger charge is 2.38. The molecule has 2 aliphatic heterocycles. The van der Waals surface area contributed by atoms with Crippen molar-refractivity contribution < 1.29 is 17.0 Å². The Bertz CT molecular complexity index is 864. The summed E-state index contributed by atoms with van der Waals surface area (Å²) >= 11 is 0. The summed E-state index contributed by atoms with van der Waals surface area (Å²) in [7, 11) is 2.18. The molecular formula is C22H25ClN2. The van der Waals surface area contributed by atoms with Crippen LogP contribution in [0, 0.1) is 0 Å². The van der Waals surface area contributed by atoms with Crippen molar-refractivity contribution in [2.45, 2.75) is 38.6 Å². The molecule has 0 bridgehead atoms.